The lowest BCUT2D eigenvalue weighted by Gasteiger charge is -2.19. The van der Waals surface area contributed by atoms with Crippen molar-refractivity contribution in [1.82, 2.24) is 9.97 Å². The van der Waals surface area contributed by atoms with Crippen molar-refractivity contribution in [1.29, 1.82) is 0 Å². The molecule has 5 heteroatoms. The summed E-state index contributed by atoms with van der Waals surface area (Å²) in [6, 6.07) is 1.77. The van der Waals surface area contributed by atoms with E-state index in [9.17, 15) is 4.79 Å². The van der Waals surface area contributed by atoms with E-state index in [1.54, 1.807) is 19.2 Å². The van der Waals surface area contributed by atoms with Crippen molar-refractivity contribution >= 4 is 11.8 Å². The van der Waals surface area contributed by atoms with Gasteiger partial charge < -0.3 is 9.64 Å². The zero-order valence-electron chi connectivity index (χ0n) is 9.01. The van der Waals surface area contributed by atoms with E-state index in [4.69, 9.17) is 4.74 Å². The average molecular weight is 209 g/mol. The van der Waals surface area contributed by atoms with E-state index in [0.29, 0.717) is 13.2 Å². The molecular formula is C10H15N3O2. The van der Waals surface area contributed by atoms with Gasteiger partial charge in [0.05, 0.1) is 6.61 Å². The fourth-order valence-electron chi connectivity index (χ4n) is 1.19. The van der Waals surface area contributed by atoms with Crippen molar-refractivity contribution in [2.45, 2.75) is 13.8 Å². The van der Waals surface area contributed by atoms with Crippen molar-refractivity contribution in [3.63, 3.8) is 0 Å². The lowest BCUT2D eigenvalue weighted by molar-refractivity contribution is -0.141. The lowest BCUT2D eigenvalue weighted by atomic mass is 10.4. The summed E-state index contributed by atoms with van der Waals surface area (Å²) >= 11 is 0. The van der Waals surface area contributed by atoms with Crippen LogP contribution in [0.3, 0.4) is 0 Å². The molecule has 0 aliphatic heterocycles. The summed E-state index contributed by atoms with van der Waals surface area (Å²) in [5, 5.41) is 0. The second kappa shape index (κ2) is 5.95. The normalized spacial score (nSPS) is 9.73. The fourth-order valence-corrected chi connectivity index (χ4v) is 1.19. The Labute approximate surface area is 89.1 Å². The largest absolute Gasteiger partial charge is 0.465 e. The zero-order chi connectivity index (χ0) is 11.1. The molecule has 0 saturated heterocycles. The van der Waals surface area contributed by atoms with E-state index in [0.717, 1.165) is 5.82 Å². The van der Waals surface area contributed by atoms with Gasteiger partial charge in [-0.1, -0.05) is 0 Å². The van der Waals surface area contributed by atoms with E-state index in [1.807, 2.05) is 11.8 Å². The van der Waals surface area contributed by atoms with Crippen LogP contribution in [0.4, 0.5) is 5.82 Å². The number of hydrogen-bond donors (Lipinski definition) is 0. The molecule has 0 saturated carbocycles. The molecule has 0 bridgehead atoms. The van der Waals surface area contributed by atoms with Gasteiger partial charge in [0, 0.05) is 12.7 Å². The quantitative estimate of drug-likeness (QED) is 0.673. The number of carbonyl (C=O) groups excluding carboxylic acids is 1. The molecule has 0 aliphatic carbocycles. The van der Waals surface area contributed by atoms with Crippen molar-refractivity contribution in [2.75, 3.05) is 24.6 Å². The van der Waals surface area contributed by atoms with Crippen molar-refractivity contribution < 1.29 is 9.53 Å². The van der Waals surface area contributed by atoms with Crippen molar-refractivity contribution in [3.05, 3.63) is 18.6 Å². The molecule has 0 fully saturated rings. The summed E-state index contributed by atoms with van der Waals surface area (Å²) in [5.74, 6) is 0.499. The van der Waals surface area contributed by atoms with Crippen LogP contribution in [0, 0.1) is 0 Å². The minimum atomic E-state index is -0.238. The first kappa shape index (κ1) is 11.4. The van der Waals surface area contributed by atoms with Crippen molar-refractivity contribution in [3.8, 4) is 0 Å². The highest BCUT2D eigenvalue weighted by Gasteiger charge is 2.10. The highest BCUT2D eigenvalue weighted by Crippen LogP contribution is 2.07. The molecule has 1 heterocycles. The summed E-state index contributed by atoms with van der Waals surface area (Å²) in [7, 11) is 0. The Balaban J connectivity index is 2.61. The van der Waals surface area contributed by atoms with Crippen LogP contribution in [0.1, 0.15) is 13.8 Å². The van der Waals surface area contributed by atoms with Crippen LogP contribution in [0.2, 0.25) is 0 Å². The molecule has 1 rings (SSSR count). The first-order valence-electron chi connectivity index (χ1n) is 4.94. The van der Waals surface area contributed by atoms with Gasteiger partial charge in [-0.3, -0.25) is 4.79 Å². The third-order valence-electron chi connectivity index (χ3n) is 1.90. The number of rotatable bonds is 5. The third kappa shape index (κ3) is 3.53. The summed E-state index contributed by atoms with van der Waals surface area (Å²) in [4.78, 5) is 21.0. The van der Waals surface area contributed by atoms with Gasteiger partial charge >= 0.3 is 5.97 Å². The van der Waals surface area contributed by atoms with Gasteiger partial charge in [0.15, 0.2) is 0 Å². The molecule has 1 aromatic heterocycles. The predicted octanol–water partition coefficient (Wildman–Crippen LogP) is 0.866. The van der Waals surface area contributed by atoms with E-state index >= 15 is 0 Å². The monoisotopic (exact) mass is 209 g/mol. The SMILES string of the molecule is CCOC(=O)CN(CC)c1ccncn1. The Morgan fingerprint density at radius 1 is 1.53 bits per heavy atom. The van der Waals surface area contributed by atoms with Gasteiger partial charge in [0.2, 0.25) is 0 Å². The van der Waals surface area contributed by atoms with Gasteiger partial charge in [0.1, 0.15) is 18.7 Å². The van der Waals surface area contributed by atoms with Crippen LogP contribution in [0.15, 0.2) is 18.6 Å². The zero-order valence-corrected chi connectivity index (χ0v) is 9.01. The van der Waals surface area contributed by atoms with Crippen LogP contribution in [0.25, 0.3) is 0 Å². The highest BCUT2D eigenvalue weighted by atomic mass is 16.5. The molecule has 0 aliphatic rings. The molecule has 1 aromatic rings. The maximum Gasteiger partial charge on any atom is 0.325 e. The first-order chi connectivity index (χ1) is 7.27. The number of carbonyl (C=O) groups is 1. The Morgan fingerprint density at radius 3 is 2.87 bits per heavy atom. The van der Waals surface area contributed by atoms with Crippen LogP contribution in [-0.4, -0.2) is 35.6 Å². The number of esters is 1. The van der Waals surface area contributed by atoms with E-state index in [2.05, 4.69) is 9.97 Å². The number of aromatic nitrogens is 2. The molecular weight excluding hydrogens is 194 g/mol. The van der Waals surface area contributed by atoms with Gasteiger partial charge in [-0.25, -0.2) is 9.97 Å². The standard InChI is InChI=1S/C10H15N3O2/c1-3-13(7-10(14)15-4-2)9-5-6-11-8-12-9/h5-6,8H,3-4,7H2,1-2H3. The van der Waals surface area contributed by atoms with Crippen LogP contribution in [-0.2, 0) is 9.53 Å². The highest BCUT2D eigenvalue weighted by molar-refractivity contribution is 5.75. The minimum Gasteiger partial charge on any atom is -0.465 e. The van der Waals surface area contributed by atoms with Gasteiger partial charge in [-0.2, -0.15) is 0 Å². The number of anilines is 1. The molecule has 0 unspecified atom stereocenters. The number of likely N-dealkylation sites (N-methyl/N-ethyl adjacent to an activating group) is 1. The molecule has 5 nitrogen and oxygen atoms in total. The third-order valence-corrected chi connectivity index (χ3v) is 1.90. The molecule has 0 atom stereocenters. The van der Waals surface area contributed by atoms with Crippen LogP contribution < -0.4 is 4.90 Å². The maximum absolute atomic E-state index is 11.3. The van der Waals surface area contributed by atoms with E-state index < -0.39 is 0 Å². The predicted molar refractivity (Wildman–Crippen MR) is 56.6 cm³/mol. The molecule has 0 spiro atoms. The molecule has 82 valence electrons. The van der Waals surface area contributed by atoms with Crippen LogP contribution >= 0.6 is 0 Å². The summed E-state index contributed by atoms with van der Waals surface area (Å²) in [6.45, 7) is 5.08. The lowest BCUT2D eigenvalue weighted by Crippen LogP contribution is -2.31. The molecule has 0 radical (unpaired) electrons. The molecule has 0 N–H and O–H groups in total. The fraction of sp³-hybridized carbons (Fsp3) is 0.500. The minimum absolute atomic E-state index is 0.224. The summed E-state index contributed by atoms with van der Waals surface area (Å²) in [6.07, 6.45) is 3.11. The summed E-state index contributed by atoms with van der Waals surface area (Å²) < 4.78 is 4.87. The Morgan fingerprint density at radius 2 is 2.33 bits per heavy atom. The smallest absolute Gasteiger partial charge is 0.325 e. The van der Waals surface area contributed by atoms with Gasteiger partial charge in [-0.15, -0.1) is 0 Å². The Hall–Kier alpha value is -1.65. The number of hydrogen-bond acceptors (Lipinski definition) is 5. The number of nitrogens with zero attached hydrogens (tertiary/aromatic N) is 3. The second-order valence-corrected chi connectivity index (χ2v) is 2.89. The van der Waals surface area contributed by atoms with E-state index in [-0.39, 0.29) is 12.5 Å². The first-order valence-corrected chi connectivity index (χ1v) is 4.94. The number of ether oxygens (including phenoxy) is 1. The molecule has 0 aromatic carbocycles. The molecule has 0 amide bonds. The topological polar surface area (TPSA) is 55.3 Å². The second-order valence-electron chi connectivity index (χ2n) is 2.89. The molecule has 15 heavy (non-hydrogen) atoms. The Kier molecular flexibility index (Phi) is 4.53. The van der Waals surface area contributed by atoms with Gasteiger partial charge in [-0.05, 0) is 19.9 Å². The average Bonchev–Trinajstić information content (AvgIpc) is 2.27. The Bertz CT molecular complexity index is 303. The van der Waals surface area contributed by atoms with E-state index in [1.165, 1.54) is 6.33 Å². The summed E-state index contributed by atoms with van der Waals surface area (Å²) in [5.41, 5.74) is 0. The van der Waals surface area contributed by atoms with Crippen LogP contribution in [0.5, 0.6) is 0 Å². The maximum atomic E-state index is 11.3. The van der Waals surface area contributed by atoms with Gasteiger partial charge in [0.25, 0.3) is 0 Å². The van der Waals surface area contributed by atoms with Crippen molar-refractivity contribution in [2.24, 2.45) is 0 Å².